The second kappa shape index (κ2) is 2.66. The molecule has 0 aromatic heterocycles. The van der Waals surface area contributed by atoms with Crippen LogP contribution in [0.4, 0.5) is 22.0 Å². The van der Waals surface area contributed by atoms with Gasteiger partial charge in [-0.25, -0.2) is 8.78 Å². The van der Waals surface area contributed by atoms with Gasteiger partial charge in [-0.15, -0.1) is 0 Å². The van der Waals surface area contributed by atoms with Crippen molar-refractivity contribution < 1.29 is 22.0 Å². The normalized spacial score (nSPS) is 48.6. The maximum Gasteiger partial charge on any atom is 0.400 e. The lowest BCUT2D eigenvalue weighted by atomic mass is 9.71. The second-order valence-electron chi connectivity index (χ2n) is 4.97. The molecule has 5 heteroatoms. The first-order valence-corrected chi connectivity index (χ1v) is 5.08. The van der Waals surface area contributed by atoms with Crippen LogP contribution in [0.3, 0.4) is 0 Å². The minimum Gasteiger partial charge on any atom is -0.206 e. The van der Waals surface area contributed by atoms with Gasteiger partial charge in [0.05, 0.1) is 0 Å². The zero-order valence-corrected chi connectivity index (χ0v) is 8.54. The molecule has 2 rings (SSSR count). The van der Waals surface area contributed by atoms with E-state index in [1.807, 2.05) is 0 Å². The molecule has 2 bridgehead atoms. The summed E-state index contributed by atoms with van der Waals surface area (Å²) in [7, 11) is 0. The fraction of sp³-hybridized carbons (Fsp3) is 1.00. The molecular weight excluding hydrogens is 215 g/mol. The lowest BCUT2D eigenvalue weighted by molar-refractivity contribution is -0.308. The number of hydrogen-bond donors (Lipinski definition) is 0. The third-order valence-electron chi connectivity index (χ3n) is 4.55. The first kappa shape index (κ1) is 11.1. The fourth-order valence-electron chi connectivity index (χ4n) is 3.52. The molecule has 0 aromatic rings. The minimum absolute atomic E-state index is 0.227. The van der Waals surface area contributed by atoms with Crippen molar-refractivity contribution in [3.63, 3.8) is 0 Å². The number of rotatable bonds is 0. The van der Waals surface area contributed by atoms with Gasteiger partial charge >= 0.3 is 6.18 Å². The Bertz CT molecular complexity index is 282. The van der Waals surface area contributed by atoms with Gasteiger partial charge in [-0.05, 0) is 31.6 Å². The lowest BCUT2D eigenvalue weighted by Gasteiger charge is -2.41. The Balaban J connectivity index is 2.50. The predicted molar refractivity (Wildman–Crippen MR) is 44.5 cm³/mol. The molecule has 0 N–H and O–H groups in total. The first-order chi connectivity index (χ1) is 6.64. The van der Waals surface area contributed by atoms with Gasteiger partial charge in [0.25, 0.3) is 5.92 Å². The topological polar surface area (TPSA) is 0 Å². The molecule has 0 nitrogen and oxygen atoms in total. The van der Waals surface area contributed by atoms with Gasteiger partial charge in [0.15, 0.2) is 0 Å². The van der Waals surface area contributed by atoms with Crippen molar-refractivity contribution in [2.75, 3.05) is 0 Å². The van der Waals surface area contributed by atoms with E-state index in [2.05, 4.69) is 0 Å². The molecule has 2 aliphatic carbocycles. The molecule has 0 heterocycles. The standard InChI is InChI=1S/C10H13F5/c1-5-6-3-4-7(5)9(11,12)8(6,2)10(13,14)15/h5-7H,3-4H2,1-2H3. The molecule has 2 fully saturated rings. The molecule has 0 amide bonds. The zero-order chi connectivity index (χ0) is 11.6. The number of halogens is 5. The Hall–Kier alpha value is -0.350. The summed E-state index contributed by atoms with van der Waals surface area (Å²) in [5.74, 6) is -6.13. The van der Waals surface area contributed by atoms with E-state index in [-0.39, 0.29) is 12.8 Å². The Morgan fingerprint density at radius 3 is 1.80 bits per heavy atom. The Morgan fingerprint density at radius 2 is 1.53 bits per heavy atom. The highest BCUT2D eigenvalue weighted by Gasteiger charge is 2.79. The monoisotopic (exact) mass is 228 g/mol. The van der Waals surface area contributed by atoms with Gasteiger partial charge in [0.1, 0.15) is 5.41 Å². The molecule has 2 saturated carbocycles. The van der Waals surface area contributed by atoms with Crippen molar-refractivity contribution in [2.45, 2.75) is 38.8 Å². The van der Waals surface area contributed by atoms with E-state index in [1.54, 1.807) is 0 Å². The van der Waals surface area contributed by atoms with Crippen LogP contribution in [-0.4, -0.2) is 12.1 Å². The van der Waals surface area contributed by atoms with Crippen molar-refractivity contribution >= 4 is 0 Å². The van der Waals surface area contributed by atoms with Gasteiger partial charge in [0, 0.05) is 5.92 Å². The average Bonchev–Trinajstić information content (AvgIpc) is 2.48. The summed E-state index contributed by atoms with van der Waals surface area (Å²) >= 11 is 0. The molecule has 0 spiro atoms. The van der Waals surface area contributed by atoms with E-state index >= 15 is 0 Å². The summed E-state index contributed by atoms with van der Waals surface area (Å²) < 4.78 is 65.8. The summed E-state index contributed by atoms with van der Waals surface area (Å²) in [5, 5.41) is 0. The van der Waals surface area contributed by atoms with E-state index in [0.717, 1.165) is 0 Å². The molecule has 0 aromatic carbocycles. The smallest absolute Gasteiger partial charge is 0.206 e. The summed E-state index contributed by atoms with van der Waals surface area (Å²) in [6, 6.07) is 0. The van der Waals surface area contributed by atoms with Gasteiger partial charge in [0.2, 0.25) is 0 Å². The maximum atomic E-state index is 13.7. The molecular formula is C10H13F5. The van der Waals surface area contributed by atoms with E-state index in [0.29, 0.717) is 6.92 Å². The van der Waals surface area contributed by atoms with Crippen molar-refractivity contribution in [3.05, 3.63) is 0 Å². The van der Waals surface area contributed by atoms with Crippen LogP contribution in [0.15, 0.2) is 0 Å². The van der Waals surface area contributed by atoms with Crippen LogP contribution in [0.1, 0.15) is 26.7 Å². The highest BCUT2D eigenvalue weighted by atomic mass is 19.4. The van der Waals surface area contributed by atoms with Gasteiger partial charge in [-0.1, -0.05) is 6.92 Å². The van der Waals surface area contributed by atoms with Crippen molar-refractivity contribution in [2.24, 2.45) is 23.2 Å². The van der Waals surface area contributed by atoms with Crippen LogP contribution in [0, 0.1) is 23.2 Å². The third kappa shape index (κ3) is 1.02. The highest BCUT2D eigenvalue weighted by molar-refractivity contribution is 5.14. The van der Waals surface area contributed by atoms with Crippen LogP contribution in [-0.2, 0) is 0 Å². The Labute approximate surface area is 84.8 Å². The summed E-state index contributed by atoms with van der Waals surface area (Å²) in [6.07, 6.45) is -4.31. The van der Waals surface area contributed by atoms with Gasteiger partial charge in [-0.3, -0.25) is 0 Å². The fourth-order valence-corrected chi connectivity index (χ4v) is 3.52. The molecule has 2 aliphatic rings. The molecule has 15 heavy (non-hydrogen) atoms. The predicted octanol–water partition coefficient (Wildman–Crippen LogP) is 3.87. The van der Waals surface area contributed by atoms with Crippen molar-refractivity contribution in [1.82, 2.24) is 0 Å². The van der Waals surface area contributed by atoms with E-state index in [1.165, 1.54) is 6.92 Å². The molecule has 0 aliphatic heterocycles. The number of hydrogen-bond acceptors (Lipinski definition) is 0. The minimum atomic E-state index is -4.81. The zero-order valence-electron chi connectivity index (χ0n) is 8.54. The first-order valence-electron chi connectivity index (χ1n) is 5.08. The van der Waals surface area contributed by atoms with Crippen LogP contribution in [0.25, 0.3) is 0 Å². The van der Waals surface area contributed by atoms with E-state index < -0.39 is 35.3 Å². The summed E-state index contributed by atoms with van der Waals surface area (Å²) in [6.45, 7) is 2.21. The molecule has 0 radical (unpaired) electrons. The van der Waals surface area contributed by atoms with Crippen LogP contribution >= 0.6 is 0 Å². The number of alkyl halides is 5. The average molecular weight is 228 g/mol. The quantitative estimate of drug-likeness (QED) is 0.552. The van der Waals surface area contributed by atoms with Crippen LogP contribution in [0.5, 0.6) is 0 Å². The Morgan fingerprint density at radius 1 is 1.07 bits per heavy atom. The molecule has 4 atom stereocenters. The van der Waals surface area contributed by atoms with Gasteiger partial charge in [-0.2, -0.15) is 13.2 Å². The Kier molecular flexibility index (Phi) is 1.98. The highest BCUT2D eigenvalue weighted by Crippen LogP contribution is 2.71. The lowest BCUT2D eigenvalue weighted by Crippen LogP contribution is -2.53. The second-order valence-corrected chi connectivity index (χ2v) is 4.97. The summed E-state index contributed by atoms with van der Waals surface area (Å²) in [4.78, 5) is 0. The van der Waals surface area contributed by atoms with Crippen molar-refractivity contribution in [3.8, 4) is 0 Å². The van der Waals surface area contributed by atoms with Crippen LogP contribution < -0.4 is 0 Å². The third-order valence-corrected chi connectivity index (χ3v) is 4.55. The molecule has 4 unspecified atom stereocenters. The molecule has 0 saturated heterocycles. The molecule has 88 valence electrons. The van der Waals surface area contributed by atoms with E-state index in [4.69, 9.17) is 0 Å². The van der Waals surface area contributed by atoms with E-state index in [9.17, 15) is 22.0 Å². The van der Waals surface area contributed by atoms with Crippen LogP contribution in [0.2, 0.25) is 0 Å². The largest absolute Gasteiger partial charge is 0.400 e. The van der Waals surface area contributed by atoms with Gasteiger partial charge < -0.3 is 0 Å². The van der Waals surface area contributed by atoms with Crippen molar-refractivity contribution in [1.29, 1.82) is 0 Å². The maximum absolute atomic E-state index is 13.7. The SMILES string of the molecule is CC1C2CCC1C(C)(C(F)(F)F)C2(F)F. The summed E-state index contributed by atoms with van der Waals surface area (Å²) in [5.41, 5.74) is -2.82. The number of fused-ring (bicyclic) bond motifs is 2.